The summed E-state index contributed by atoms with van der Waals surface area (Å²) in [6.45, 7) is 6.21. The standard InChI is InChI=1S/C21H29BrO3/c1-11(23)15-6-7-16-14-5-4-12-10-13(24)8-9-20(12,2)17(14)18(25)19(22)21(15,16)3/h10,14-19,25H,4-9H2,1-3H3/t14-,15+,16-,17+,18-,19-,20-,21+/m0/s1. The van der Waals surface area contributed by atoms with Gasteiger partial charge in [0, 0.05) is 17.2 Å². The van der Waals surface area contributed by atoms with Gasteiger partial charge in [-0.25, -0.2) is 0 Å². The van der Waals surface area contributed by atoms with E-state index in [1.807, 2.05) is 6.08 Å². The maximum atomic E-state index is 12.3. The van der Waals surface area contributed by atoms with Crippen molar-refractivity contribution in [2.75, 3.05) is 0 Å². The highest BCUT2D eigenvalue weighted by molar-refractivity contribution is 9.09. The molecule has 0 aromatic carbocycles. The van der Waals surface area contributed by atoms with Crippen molar-refractivity contribution >= 4 is 27.5 Å². The third-order valence-electron chi connectivity index (χ3n) is 8.49. The van der Waals surface area contributed by atoms with Crippen LogP contribution in [-0.4, -0.2) is 27.6 Å². The molecule has 25 heavy (non-hydrogen) atoms. The Labute approximate surface area is 158 Å². The van der Waals surface area contributed by atoms with E-state index in [4.69, 9.17) is 0 Å². The molecule has 0 radical (unpaired) electrons. The normalized spacial score (nSPS) is 52.0. The van der Waals surface area contributed by atoms with Crippen LogP contribution in [0.1, 0.15) is 59.3 Å². The van der Waals surface area contributed by atoms with Crippen LogP contribution in [0.15, 0.2) is 11.6 Å². The zero-order valence-corrected chi connectivity index (χ0v) is 17.0. The van der Waals surface area contributed by atoms with Gasteiger partial charge in [0.15, 0.2) is 5.78 Å². The van der Waals surface area contributed by atoms with E-state index in [0.29, 0.717) is 18.3 Å². The van der Waals surface area contributed by atoms with Crippen molar-refractivity contribution in [2.45, 2.75) is 70.2 Å². The highest BCUT2D eigenvalue weighted by atomic mass is 79.9. The Bertz CT molecular complexity index is 656. The number of ketones is 2. The lowest BCUT2D eigenvalue weighted by atomic mass is 9.46. The minimum atomic E-state index is -0.465. The van der Waals surface area contributed by atoms with Crippen LogP contribution in [0.4, 0.5) is 0 Å². The molecule has 0 aromatic heterocycles. The summed E-state index contributed by atoms with van der Waals surface area (Å²) in [6, 6.07) is 0. The van der Waals surface area contributed by atoms with Crippen LogP contribution in [0.3, 0.4) is 0 Å². The molecule has 4 heteroatoms. The van der Waals surface area contributed by atoms with Crippen LogP contribution >= 0.6 is 15.9 Å². The molecule has 0 aliphatic heterocycles. The fourth-order valence-electron chi connectivity index (χ4n) is 7.26. The number of hydrogen-bond donors (Lipinski definition) is 1. The molecule has 0 spiro atoms. The summed E-state index contributed by atoms with van der Waals surface area (Å²) in [4.78, 5) is 24.2. The van der Waals surface area contributed by atoms with Gasteiger partial charge in [0.05, 0.1) is 6.10 Å². The van der Waals surface area contributed by atoms with Gasteiger partial charge in [0.2, 0.25) is 0 Å². The fraction of sp³-hybridized carbons (Fsp3) is 0.810. The average Bonchev–Trinajstić information content (AvgIpc) is 2.91. The van der Waals surface area contributed by atoms with Crippen LogP contribution in [0.25, 0.3) is 0 Å². The molecule has 0 aromatic rings. The Morgan fingerprint density at radius 2 is 1.96 bits per heavy atom. The zero-order valence-electron chi connectivity index (χ0n) is 15.4. The topological polar surface area (TPSA) is 54.4 Å². The van der Waals surface area contributed by atoms with Gasteiger partial charge < -0.3 is 5.11 Å². The predicted molar refractivity (Wildman–Crippen MR) is 100 cm³/mol. The molecule has 3 saturated carbocycles. The van der Waals surface area contributed by atoms with Crippen LogP contribution in [0, 0.1) is 34.5 Å². The van der Waals surface area contributed by atoms with Crippen molar-refractivity contribution in [3.8, 4) is 0 Å². The Hall–Kier alpha value is -0.480. The highest BCUT2D eigenvalue weighted by Gasteiger charge is 2.66. The highest BCUT2D eigenvalue weighted by Crippen LogP contribution is 2.67. The number of rotatable bonds is 1. The monoisotopic (exact) mass is 408 g/mol. The number of aliphatic hydroxyl groups is 1. The lowest BCUT2D eigenvalue weighted by Crippen LogP contribution is -2.62. The molecule has 0 heterocycles. The molecule has 4 aliphatic carbocycles. The maximum Gasteiger partial charge on any atom is 0.155 e. The Balaban J connectivity index is 1.77. The first kappa shape index (κ1) is 17.9. The van der Waals surface area contributed by atoms with E-state index < -0.39 is 6.10 Å². The van der Waals surface area contributed by atoms with Crippen molar-refractivity contribution in [3.05, 3.63) is 11.6 Å². The Kier molecular flexibility index (Phi) is 4.12. The van der Waals surface area contributed by atoms with Crippen molar-refractivity contribution in [3.63, 3.8) is 0 Å². The van der Waals surface area contributed by atoms with E-state index in [1.54, 1.807) is 6.92 Å². The van der Waals surface area contributed by atoms with E-state index in [-0.39, 0.29) is 39.1 Å². The minimum Gasteiger partial charge on any atom is -0.392 e. The molecule has 138 valence electrons. The lowest BCUT2D eigenvalue weighted by Gasteiger charge is -2.61. The second-order valence-corrected chi connectivity index (χ2v) is 10.4. The van der Waals surface area contributed by atoms with Crippen LogP contribution in [0.5, 0.6) is 0 Å². The van der Waals surface area contributed by atoms with E-state index in [2.05, 4.69) is 29.8 Å². The number of Topliss-reactive ketones (excluding diaryl/α,β-unsaturated/α-hetero) is 1. The minimum absolute atomic E-state index is 0.0511. The zero-order chi connectivity index (χ0) is 18.1. The predicted octanol–water partition coefficient (Wildman–Crippen LogP) is 4.07. The number of hydrogen-bond acceptors (Lipinski definition) is 3. The van der Waals surface area contributed by atoms with Gasteiger partial charge in [-0.05, 0) is 73.7 Å². The number of alkyl halides is 1. The number of halogens is 1. The second-order valence-electron chi connectivity index (χ2n) is 9.39. The van der Waals surface area contributed by atoms with Crippen LogP contribution in [0.2, 0.25) is 0 Å². The molecule has 4 aliphatic rings. The van der Waals surface area contributed by atoms with Gasteiger partial charge in [-0.1, -0.05) is 35.4 Å². The van der Waals surface area contributed by atoms with Gasteiger partial charge in [0.1, 0.15) is 5.78 Å². The first-order chi connectivity index (χ1) is 11.7. The first-order valence-corrected chi connectivity index (χ1v) is 10.7. The van der Waals surface area contributed by atoms with Gasteiger partial charge >= 0.3 is 0 Å². The smallest absolute Gasteiger partial charge is 0.155 e. The molecule has 8 atom stereocenters. The SMILES string of the molecule is CC(=O)[C@H]1CC[C@H]2[C@@H]3CCC4=CC(=O)CC[C@]4(C)[C@H]3[C@H](O)[C@H](Br)[C@]12C. The average molecular weight is 409 g/mol. The quantitative estimate of drug-likeness (QED) is 0.665. The van der Waals surface area contributed by atoms with E-state index in [1.165, 1.54) is 5.57 Å². The van der Waals surface area contributed by atoms with E-state index >= 15 is 0 Å². The summed E-state index contributed by atoms with van der Waals surface area (Å²) in [5.74, 6) is 1.69. The van der Waals surface area contributed by atoms with Crippen molar-refractivity contribution in [1.82, 2.24) is 0 Å². The van der Waals surface area contributed by atoms with Gasteiger partial charge in [-0.15, -0.1) is 0 Å². The fourth-order valence-corrected chi connectivity index (χ4v) is 8.25. The number of carbonyl (C=O) groups is 2. The molecule has 3 fully saturated rings. The number of allylic oxidation sites excluding steroid dienone is 1. The number of fused-ring (bicyclic) bond motifs is 5. The third kappa shape index (κ3) is 2.25. The van der Waals surface area contributed by atoms with Gasteiger partial charge in [-0.3, -0.25) is 9.59 Å². The Morgan fingerprint density at radius 1 is 1.24 bits per heavy atom. The Morgan fingerprint density at radius 3 is 2.64 bits per heavy atom. The summed E-state index contributed by atoms with van der Waals surface area (Å²) < 4.78 is 0. The molecule has 0 bridgehead atoms. The molecule has 0 amide bonds. The molecule has 1 N–H and O–H groups in total. The molecule has 4 rings (SSSR count). The largest absolute Gasteiger partial charge is 0.392 e. The van der Waals surface area contributed by atoms with Gasteiger partial charge in [0.25, 0.3) is 0 Å². The summed E-state index contributed by atoms with van der Waals surface area (Å²) in [6.07, 6.45) is 6.92. The van der Waals surface area contributed by atoms with Gasteiger partial charge in [-0.2, -0.15) is 0 Å². The number of aliphatic hydroxyl groups excluding tert-OH is 1. The van der Waals surface area contributed by atoms with Crippen molar-refractivity contribution in [2.24, 2.45) is 34.5 Å². The summed E-state index contributed by atoms with van der Waals surface area (Å²) in [5.41, 5.74) is 1.03. The molecule has 0 unspecified atom stereocenters. The second kappa shape index (κ2) is 5.76. The lowest BCUT2D eigenvalue weighted by molar-refractivity contribution is -0.140. The summed E-state index contributed by atoms with van der Waals surface area (Å²) in [5, 5.41) is 11.4. The molecular weight excluding hydrogens is 380 g/mol. The molecular formula is C21H29BrO3. The maximum absolute atomic E-state index is 12.3. The summed E-state index contributed by atoms with van der Waals surface area (Å²) in [7, 11) is 0. The molecule has 0 saturated heterocycles. The number of carbonyl (C=O) groups excluding carboxylic acids is 2. The van der Waals surface area contributed by atoms with E-state index in [0.717, 1.165) is 32.1 Å². The van der Waals surface area contributed by atoms with E-state index in [9.17, 15) is 14.7 Å². The first-order valence-electron chi connectivity index (χ1n) is 9.77. The molecule has 3 nitrogen and oxygen atoms in total. The van der Waals surface area contributed by atoms with Crippen LogP contribution < -0.4 is 0 Å². The summed E-state index contributed by atoms with van der Waals surface area (Å²) >= 11 is 3.85. The third-order valence-corrected chi connectivity index (χ3v) is 10.0. The van der Waals surface area contributed by atoms with Crippen LogP contribution in [-0.2, 0) is 9.59 Å². The van der Waals surface area contributed by atoms with Crippen molar-refractivity contribution < 1.29 is 14.7 Å². The van der Waals surface area contributed by atoms with Crippen molar-refractivity contribution in [1.29, 1.82) is 0 Å².